The van der Waals surface area contributed by atoms with Crippen molar-refractivity contribution in [1.82, 2.24) is 4.57 Å². The number of nitrogens with two attached hydrogens (primary N) is 1. The molecule has 0 fully saturated rings. The molecule has 0 saturated heterocycles. The second kappa shape index (κ2) is 7.65. The Kier molecular flexibility index (Phi) is 4.68. The van der Waals surface area contributed by atoms with E-state index in [0.29, 0.717) is 0 Å². The number of para-hydroxylation sites is 1. The molecule has 1 heterocycles. The van der Waals surface area contributed by atoms with E-state index in [0.717, 1.165) is 39.9 Å². The van der Waals surface area contributed by atoms with Crippen LogP contribution in [0.1, 0.15) is 16.8 Å². The number of nitrogens with zero attached hydrogens (tertiary/aromatic N) is 1. The summed E-state index contributed by atoms with van der Waals surface area (Å²) in [5, 5.41) is 11.3. The van der Waals surface area contributed by atoms with Crippen molar-refractivity contribution in [3.63, 3.8) is 0 Å². The largest absolute Gasteiger partial charge is 0.457 e. The Labute approximate surface area is 181 Å². The van der Waals surface area contributed by atoms with Gasteiger partial charge in [0.25, 0.3) is 0 Å². The highest BCUT2D eigenvalue weighted by molar-refractivity contribution is 5.98. The maximum atomic E-state index is 7.77. The van der Waals surface area contributed by atoms with Gasteiger partial charge in [-0.2, -0.15) is 0 Å². The molecule has 1 aromatic heterocycles. The van der Waals surface area contributed by atoms with Gasteiger partial charge in [-0.1, -0.05) is 54.6 Å². The third-order valence-electron chi connectivity index (χ3n) is 5.67. The number of rotatable bonds is 5. The van der Waals surface area contributed by atoms with Crippen LogP contribution in [0.3, 0.4) is 0 Å². The van der Waals surface area contributed by atoms with Gasteiger partial charge in [0.2, 0.25) is 0 Å². The van der Waals surface area contributed by atoms with E-state index in [2.05, 4.69) is 47.9 Å². The second-order valence-electron chi connectivity index (χ2n) is 7.77. The van der Waals surface area contributed by atoms with Gasteiger partial charge in [-0.15, -0.1) is 0 Å². The lowest BCUT2D eigenvalue weighted by molar-refractivity contribution is 0.483. The highest BCUT2D eigenvalue weighted by Gasteiger charge is 2.10. The second-order valence-corrected chi connectivity index (χ2v) is 7.77. The van der Waals surface area contributed by atoms with Crippen LogP contribution in [-0.4, -0.2) is 10.4 Å². The van der Waals surface area contributed by atoms with Crippen molar-refractivity contribution in [2.75, 3.05) is 0 Å². The fraction of sp³-hybridized carbons (Fsp3) is 0.0741. The molecule has 5 aromatic rings. The van der Waals surface area contributed by atoms with Gasteiger partial charge in [0.1, 0.15) is 17.3 Å². The third kappa shape index (κ3) is 3.64. The third-order valence-corrected chi connectivity index (χ3v) is 5.67. The predicted molar refractivity (Wildman–Crippen MR) is 127 cm³/mol. The molecule has 0 amide bonds. The Morgan fingerprint density at radius 1 is 0.839 bits per heavy atom. The van der Waals surface area contributed by atoms with E-state index in [1.54, 1.807) is 0 Å². The molecule has 0 unspecified atom stereocenters. The summed E-state index contributed by atoms with van der Waals surface area (Å²) < 4.78 is 8.29. The van der Waals surface area contributed by atoms with Crippen molar-refractivity contribution in [3.05, 3.63) is 108 Å². The quantitative estimate of drug-likeness (QED) is 0.269. The van der Waals surface area contributed by atoms with Gasteiger partial charge in [-0.05, 0) is 65.0 Å². The molecule has 4 aromatic carbocycles. The molecule has 5 rings (SSSR count). The van der Waals surface area contributed by atoms with Gasteiger partial charge in [0.05, 0.1) is 0 Å². The Bertz CT molecular complexity index is 1420. The van der Waals surface area contributed by atoms with Crippen molar-refractivity contribution >= 4 is 27.5 Å². The zero-order valence-electron chi connectivity index (χ0n) is 17.3. The number of nitrogen functional groups attached to an aromatic ring is 1. The van der Waals surface area contributed by atoms with Crippen LogP contribution in [0.4, 0.5) is 0 Å². The van der Waals surface area contributed by atoms with E-state index in [4.69, 9.17) is 15.9 Å². The molecule has 3 N–H and O–H groups in total. The highest BCUT2D eigenvalue weighted by Crippen LogP contribution is 2.29. The first-order valence-electron chi connectivity index (χ1n) is 10.3. The van der Waals surface area contributed by atoms with E-state index >= 15 is 0 Å². The molecule has 152 valence electrons. The predicted octanol–water partition coefficient (Wildman–Crippen LogP) is 6.23. The molecule has 0 saturated carbocycles. The first kappa shape index (κ1) is 18.9. The smallest absolute Gasteiger partial charge is 0.128 e. The van der Waals surface area contributed by atoms with Gasteiger partial charge in [-0.25, -0.2) is 0 Å². The zero-order chi connectivity index (χ0) is 21.4. The van der Waals surface area contributed by atoms with Crippen LogP contribution in [0.5, 0.6) is 11.5 Å². The summed E-state index contributed by atoms with van der Waals surface area (Å²) in [6.45, 7) is 2.86. The Morgan fingerprint density at radius 2 is 1.68 bits per heavy atom. The molecule has 0 radical (unpaired) electrons. The summed E-state index contributed by atoms with van der Waals surface area (Å²) >= 11 is 0. The van der Waals surface area contributed by atoms with Crippen LogP contribution < -0.4 is 10.5 Å². The number of nitrogens with one attached hydrogen (secondary N) is 1. The maximum Gasteiger partial charge on any atom is 0.128 e. The summed E-state index contributed by atoms with van der Waals surface area (Å²) in [5.74, 6) is 1.74. The number of hydrogen-bond donors (Lipinski definition) is 2. The summed E-state index contributed by atoms with van der Waals surface area (Å²) in [5.41, 5.74) is 9.96. The minimum absolute atomic E-state index is 0.0865. The zero-order valence-corrected chi connectivity index (χ0v) is 17.3. The molecule has 0 aliphatic heterocycles. The van der Waals surface area contributed by atoms with Crippen LogP contribution in [0.25, 0.3) is 21.7 Å². The normalized spacial score (nSPS) is 11.1. The minimum atomic E-state index is 0.0865. The van der Waals surface area contributed by atoms with E-state index in [1.165, 1.54) is 16.6 Å². The fourth-order valence-corrected chi connectivity index (χ4v) is 4.10. The summed E-state index contributed by atoms with van der Waals surface area (Å²) in [6.07, 6.45) is 0. The molecule has 0 aliphatic rings. The van der Waals surface area contributed by atoms with Crippen LogP contribution in [0.15, 0.2) is 91.0 Å². The average molecular weight is 406 g/mol. The number of amidine groups is 1. The lowest BCUT2D eigenvalue weighted by Crippen LogP contribution is -2.11. The number of aryl methyl sites for hydroxylation is 1. The molecular weight excluding hydrogens is 382 g/mol. The Hall–Kier alpha value is -4.05. The van der Waals surface area contributed by atoms with Crippen molar-refractivity contribution in [2.45, 2.75) is 13.5 Å². The molecule has 0 spiro atoms. The number of hydrogen-bond acceptors (Lipinski definition) is 2. The van der Waals surface area contributed by atoms with Gasteiger partial charge >= 0.3 is 0 Å². The number of aromatic nitrogens is 1. The van der Waals surface area contributed by atoms with E-state index in [9.17, 15) is 0 Å². The Morgan fingerprint density at radius 3 is 2.48 bits per heavy atom. The maximum absolute atomic E-state index is 7.77. The van der Waals surface area contributed by atoms with Gasteiger partial charge < -0.3 is 15.0 Å². The Balaban J connectivity index is 1.53. The first-order valence-corrected chi connectivity index (χ1v) is 10.3. The first-order chi connectivity index (χ1) is 15.1. The van der Waals surface area contributed by atoms with Gasteiger partial charge in [-0.3, -0.25) is 5.41 Å². The molecule has 0 aliphatic carbocycles. The van der Waals surface area contributed by atoms with Crippen LogP contribution in [-0.2, 0) is 6.54 Å². The SMILES string of the molecule is Cc1cc2ccc(C(=N)N)cc2n1Cc1cccc2cc(Oc3ccccc3)ccc12. The summed E-state index contributed by atoms with van der Waals surface area (Å²) in [6, 6.07) is 30.5. The van der Waals surface area contributed by atoms with Crippen molar-refractivity contribution in [1.29, 1.82) is 5.41 Å². The van der Waals surface area contributed by atoms with Crippen LogP contribution in [0.2, 0.25) is 0 Å². The molecule has 0 atom stereocenters. The van der Waals surface area contributed by atoms with Gasteiger partial charge in [0, 0.05) is 23.3 Å². The number of ether oxygens (including phenoxy) is 1. The van der Waals surface area contributed by atoms with E-state index in [1.807, 2.05) is 54.6 Å². The molecular formula is C27H23N3O. The summed E-state index contributed by atoms with van der Waals surface area (Å²) in [7, 11) is 0. The van der Waals surface area contributed by atoms with Crippen molar-refractivity contribution < 1.29 is 4.74 Å². The lowest BCUT2D eigenvalue weighted by atomic mass is 10.0. The number of fused-ring (bicyclic) bond motifs is 2. The molecule has 4 nitrogen and oxygen atoms in total. The monoisotopic (exact) mass is 405 g/mol. The van der Waals surface area contributed by atoms with Crippen LogP contribution >= 0.6 is 0 Å². The van der Waals surface area contributed by atoms with Crippen molar-refractivity contribution in [3.8, 4) is 11.5 Å². The van der Waals surface area contributed by atoms with E-state index < -0.39 is 0 Å². The fourth-order valence-electron chi connectivity index (χ4n) is 4.10. The van der Waals surface area contributed by atoms with Gasteiger partial charge in [0.15, 0.2) is 0 Å². The summed E-state index contributed by atoms with van der Waals surface area (Å²) in [4.78, 5) is 0. The molecule has 4 heteroatoms. The topological polar surface area (TPSA) is 64.0 Å². The number of benzene rings is 4. The standard InChI is InChI=1S/C27H23N3O/c1-18-14-20-10-11-21(27(28)29)16-26(20)30(18)17-22-7-5-6-19-15-24(12-13-25(19)22)31-23-8-3-2-4-9-23/h2-16H,17H2,1H3,(H3,28,29). The highest BCUT2D eigenvalue weighted by atomic mass is 16.5. The minimum Gasteiger partial charge on any atom is -0.457 e. The van der Waals surface area contributed by atoms with Crippen LogP contribution in [0, 0.1) is 12.3 Å². The van der Waals surface area contributed by atoms with E-state index in [-0.39, 0.29) is 5.84 Å². The molecule has 31 heavy (non-hydrogen) atoms. The molecule has 0 bridgehead atoms. The van der Waals surface area contributed by atoms with Crippen molar-refractivity contribution in [2.24, 2.45) is 5.73 Å². The lowest BCUT2D eigenvalue weighted by Gasteiger charge is -2.13. The average Bonchev–Trinajstić information content (AvgIpc) is 3.09.